The van der Waals surface area contributed by atoms with Gasteiger partial charge in [-0.2, -0.15) is 0 Å². The number of aromatic nitrogens is 1. The van der Waals surface area contributed by atoms with Gasteiger partial charge in [0.2, 0.25) is 0 Å². The lowest BCUT2D eigenvalue weighted by atomic mass is 10.2. The molecule has 3 N–H and O–H groups in total. The van der Waals surface area contributed by atoms with Crippen LogP contribution in [0.5, 0.6) is 0 Å². The molecule has 5 heteroatoms. The lowest BCUT2D eigenvalue weighted by Crippen LogP contribution is -2.06. The number of nitrogens with two attached hydrogens (primary N) is 1. The first kappa shape index (κ1) is 11.8. The van der Waals surface area contributed by atoms with Crippen molar-refractivity contribution in [3.63, 3.8) is 0 Å². The molecule has 88 valence electrons. The molecule has 0 amide bonds. The van der Waals surface area contributed by atoms with Gasteiger partial charge < -0.3 is 10.8 Å². The van der Waals surface area contributed by atoms with Crippen molar-refractivity contribution in [2.75, 3.05) is 6.54 Å². The van der Waals surface area contributed by atoms with Gasteiger partial charge in [-0.3, -0.25) is 0 Å². The Balaban J connectivity index is 2.44. The lowest BCUT2D eigenvalue weighted by Gasteiger charge is -1.93. The maximum atomic E-state index is 11.0. The molecule has 0 saturated heterocycles. The molecule has 0 radical (unpaired) electrons. The van der Waals surface area contributed by atoms with Crippen molar-refractivity contribution < 1.29 is 9.90 Å². The van der Waals surface area contributed by atoms with E-state index in [1.54, 1.807) is 0 Å². The van der Waals surface area contributed by atoms with Crippen molar-refractivity contribution in [2.24, 2.45) is 5.73 Å². The van der Waals surface area contributed by atoms with Gasteiger partial charge in [0.05, 0.1) is 0 Å². The summed E-state index contributed by atoms with van der Waals surface area (Å²) in [6, 6.07) is 9.54. The Morgan fingerprint density at radius 3 is 2.65 bits per heavy atom. The van der Waals surface area contributed by atoms with Gasteiger partial charge in [-0.25, -0.2) is 9.78 Å². The van der Waals surface area contributed by atoms with Crippen LogP contribution in [0.1, 0.15) is 15.4 Å². The SMILES string of the molecule is NCCc1sc(-c2ccccc2)nc1C(=O)O. The van der Waals surface area contributed by atoms with Gasteiger partial charge in [-0.1, -0.05) is 30.3 Å². The molecule has 0 atom stereocenters. The highest BCUT2D eigenvalue weighted by atomic mass is 32.1. The maximum Gasteiger partial charge on any atom is 0.355 e. The smallest absolute Gasteiger partial charge is 0.355 e. The monoisotopic (exact) mass is 248 g/mol. The fraction of sp³-hybridized carbons (Fsp3) is 0.167. The highest BCUT2D eigenvalue weighted by Crippen LogP contribution is 2.28. The molecular weight excluding hydrogens is 236 g/mol. The second-order valence-electron chi connectivity index (χ2n) is 3.50. The third kappa shape index (κ3) is 2.51. The van der Waals surface area contributed by atoms with E-state index in [9.17, 15) is 4.79 Å². The molecule has 0 aliphatic heterocycles. The van der Waals surface area contributed by atoms with Crippen LogP contribution in [-0.4, -0.2) is 22.6 Å². The third-order valence-corrected chi connectivity index (χ3v) is 3.46. The Labute approximate surface area is 103 Å². The first-order chi connectivity index (χ1) is 8.22. The van der Waals surface area contributed by atoms with Crippen molar-refractivity contribution in [3.05, 3.63) is 40.9 Å². The summed E-state index contributed by atoms with van der Waals surface area (Å²) >= 11 is 1.39. The number of carbonyl (C=O) groups is 1. The van der Waals surface area contributed by atoms with Crippen LogP contribution in [0, 0.1) is 0 Å². The lowest BCUT2D eigenvalue weighted by molar-refractivity contribution is 0.0690. The van der Waals surface area contributed by atoms with Gasteiger partial charge in [0.15, 0.2) is 5.69 Å². The Morgan fingerprint density at radius 2 is 2.06 bits per heavy atom. The summed E-state index contributed by atoms with van der Waals surface area (Å²) in [7, 11) is 0. The van der Waals surface area contributed by atoms with Gasteiger partial charge in [0.1, 0.15) is 5.01 Å². The summed E-state index contributed by atoms with van der Waals surface area (Å²) in [5.74, 6) is -0.994. The average Bonchev–Trinajstić information content (AvgIpc) is 2.75. The maximum absolute atomic E-state index is 11.0. The quantitative estimate of drug-likeness (QED) is 0.867. The molecule has 2 rings (SSSR count). The van der Waals surface area contributed by atoms with E-state index < -0.39 is 5.97 Å². The van der Waals surface area contributed by atoms with Crippen molar-refractivity contribution in [1.82, 2.24) is 4.98 Å². The summed E-state index contributed by atoms with van der Waals surface area (Å²) in [6.07, 6.45) is 0.548. The molecule has 0 unspecified atom stereocenters. The number of hydrogen-bond acceptors (Lipinski definition) is 4. The Morgan fingerprint density at radius 1 is 1.35 bits per heavy atom. The third-order valence-electron chi connectivity index (χ3n) is 2.29. The number of nitrogens with zero attached hydrogens (tertiary/aromatic N) is 1. The molecule has 0 aliphatic rings. The molecule has 1 heterocycles. The molecule has 1 aromatic carbocycles. The van der Waals surface area contributed by atoms with Crippen LogP contribution < -0.4 is 5.73 Å². The number of aromatic carboxylic acids is 1. The Hall–Kier alpha value is -1.72. The normalized spacial score (nSPS) is 10.4. The van der Waals surface area contributed by atoms with Crippen LogP contribution in [0.15, 0.2) is 30.3 Å². The largest absolute Gasteiger partial charge is 0.476 e. The highest BCUT2D eigenvalue weighted by Gasteiger charge is 2.17. The summed E-state index contributed by atoms with van der Waals surface area (Å²) in [6.45, 7) is 0.427. The molecule has 1 aromatic heterocycles. The number of rotatable bonds is 4. The van der Waals surface area contributed by atoms with Gasteiger partial charge in [-0.05, 0) is 13.0 Å². The molecular formula is C12H12N2O2S. The summed E-state index contributed by atoms with van der Waals surface area (Å²) in [4.78, 5) is 15.9. The molecule has 0 aliphatic carbocycles. The van der Waals surface area contributed by atoms with Gasteiger partial charge >= 0.3 is 5.97 Å². The van der Waals surface area contributed by atoms with Crippen molar-refractivity contribution in [1.29, 1.82) is 0 Å². The number of carboxylic acid groups (broad SMARTS) is 1. The zero-order valence-corrected chi connectivity index (χ0v) is 9.91. The number of carboxylic acids is 1. The first-order valence-corrected chi connectivity index (χ1v) is 6.02. The summed E-state index contributed by atoms with van der Waals surface area (Å²) in [5.41, 5.74) is 6.52. The van der Waals surface area contributed by atoms with Gasteiger partial charge in [0.25, 0.3) is 0 Å². The van der Waals surface area contributed by atoms with Crippen LogP contribution in [0.3, 0.4) is 0 Å². The van der Waals surface area contributed by atoms with Crippen LogP contribution in [0.2, 0.25) is 0 Å². The highest BCUT2D eigenvalue weighted by molar-refractivity contribution is 7.15. The van der Waals surface area contributed by atoms with Crippen LogP contribution >= 0.6 is 11.3 Å². The van der Waals surface area contributed by atoms with E-state index in [1.165, 1.54) is 11.3 Å². The van der Waals surface area contributed by atoms with Gasteiger partial charge in [0, 0.05) is 10.4 Å². The molecule has 0 spiro atoms. The zero-order chi connectivity index (χ0) is 12.3. The topological polar surface area (TPSA) is 76.2 Å². The Bertz CT molecular complexity index is 523. The van der Waals surface area contributed by atoms with Crippen molar-refractivity contribution >= 4 is 17.3 Å². The first-order valence-electron chi connectivity index (χ1n) is 5.21. The van der Waals surface area contributed by atoms with E-state index in [0.29, 0.717) is 13.0 Å². The van der Waals surface area contributed by atoms with Crippen molar-refractivity contribution in [3.8, 4) is 10.6 Å². The number of thiazole rings is 1. The predicted octanol–water partition coefficient (Wildman–Crippen LogP) is 2.01. The van der Waals surface area contributed by atoms with E-state index in [4.69, 9.17) is 10.8 Å². The van der Waals surface area contributed by atoms with E-state index in [-0.39, 0.29) is 5.69 Å². The molecule has 0 bridgehead atoms. The zero-order valence-electron chi connectivity index (χ0n) is 9.09. The molecule has 2 aromatic rings. The minimum Gasteiger partial charge on any atom is -0.476 e. The van der Waals surface area contributed by atoms with E-state index in [1.807, 2.05) is 30.3 Å². The van der Waals surface area contributed by atoms with Crippen LogP contribution in [-0.2, 0) is 6.42 Å². The minimum atomic E-state index is -0.994. The molecule has 4 nitrogen and oxygen atoms in total. The average molecular weight is 248 g/mol. The fourth-order valence-electron chi connectivity index (χ4n) is 1.52. The predicted molar refractivity (Wildman–Crippen MR) is 67.3 cm³/mol. The Kier molecular flexibility index (Phi) is 3.51. The van der Waals surface area contributed by atoms with E-state index in [0.717, 1.165) is 15.4 Å². The van der Waals surface area contributed by atoms with Crippen LogP contribution in [0.25, 0.3) is 10.6 Å². The van der Waals surface area contributed by atoms with E-state index >= 15 is 0 Å². The molecule has 0 saturated carbocycles. The summed E-state index contributed by atoms with van der Waals surface area (Å²) in [5, 5.41) is 9.78. The van der Waals surface area contributed by atoms with Crippen molar-refractivity contribution in [2.45, 2.75) is 6.42 Å². The van der Waals surface area contributed by atoms with Gasteiger partial charge in [-0.15, -0.1) is 11.3 Å². The second-order valence-corrected chi connectivity index (χ2v) is 4.58. The van der Waals surface area contributed by atoms with E-state index in [2.05, 4.69) is 4.98 Å². The molecule has 17 heavy (non-hydrogen) atoms. The standard InChI is InChI=1S/C12H12N2O2S/c13-7-6-9-10(12(15)16)14-11(17-9)8-4-2-1-3-5-8/h1-5H,6-7,13H2,(H,15,16). The second kappa shape index (κ2) is 5.07. The minimum absolute atomic E-state index is 0.124. The number of benzene rings is 1. The fourth-order valence-corrected chi connectivity index (χ4v) is 2.60. The number of hydrogen-bond donors (Lipinski definition) is 2. The molecule has 0 fully saturated rings. The van der Waals surface area contributed by atoms with Crippen LogP contribution in [0.4, 0.5) is 0 Å². The summed E-state index contributed by atoms with van der Waals surface area (Å²) < 4.78 is 0.